The number of benzene rings is 2. The third-order valence-corrected chi connectivity index (χ3v) is 4.16. The molecule has 0 saturated heterocycles. The molecular formula is C14H14N3O2S2-. The van der Waals surface area contributed by atoms with Crippen molar-refractivity contribution in [3.05, 3.63) is 48.5 Å². The Morgan fingerprint density at radius 2 is 1.76 bits per heavy atom. The zero-order valence-electron chi connectivity index (χ0n) is 11.6. The van der Waals surface area contributed by atoms with Crippen LogP contribution in [-0.2, 0) is 20.0 Å². The normalized spacial score (nSPS) is 14.0. The van der Waals surface area contributed by atoms with E-state index in [2.05, 4.69) is 21.4 Å². The minimum Gasteiger partial charge on any atom is -0.766 e. The zero-order valence-corrected chi connectivity index (χ0v) is 13.2. The third-order valence-electron chi connectivity index (χ3n) is 2.75. The molecule has 0 bridgehead atoms. The van der Waals surface area contributed by atoms with Crippen molar-refractivity contribution >= 4 is 37.0 Å². The van der Waals surface area contributed by atoms with Gasteiger partial charge in [-0.1, -0.05) is 18.2 Å². The van der Waals surface area contributed by atoms with Crippen LogP contribution < -0.4 is 4.90 Å². The molecular weight excluding hydrogens is 306 g/mol. The van der Waals surface area contributed by atoms with Crippen molar-refractivity contribution in [1.82, 2.24) is 0 Å². The highest BCUT2D eigenvalue weighted by molar-refractivity contribution is 8.29. The average Bonchev–Trinajstić information content (AvgIpc) is 2.45. The van der Waals surface area contributed by atoms with Gasteiger partial charge in [-0.05, 0) is 50.3 Å². The average molecular weight is 320 g/mol. The van der Waals surface area contributed by atoms with Gasteiger partial charge in [0.25, 0.3) is 0 Å². The Bertz CT molecular complexity index is 757. The van der Waals surface area contributed by atoms with Crippen LogP contribution in [-0.4, -0.2) is 22.9 Å². The molecule has 7 heteroatoms. The Hall–Kier alpha value is -1.83. The third kappa shape index (κ3) is 4.07. The molecule has 0 aromatic heterocycles. The summed E-state index contributed by atoms with van der Waals surface area (Å²) in [7, 11) is -0.0539. The van der Waals surface area contributed by atoms with Gasteiger partial charge in [0, 0.05) is 19.0 Å². The summed E-state index contributed by atoms with van der Waals surface area (Å²) in [5, 5.41) is 8.31. The Balaban J connectivity index is 2.42. The van der Waals surface area contributed by atoms with Crippen molar-refractivity contribution in [1.29, 1.82) is 0 Å². The molecule has 0 aliphatic rings. The van der Waals surface area contributed by atoms with E-state index in [0.29, 0.717) is 11.4 Å². The van der Waals surface area contributed by atoms with Crippen molar-refractivity contribution in [3.8, 4) is 0 Å². The van der Waals surface area contributed by atoms with Crippen molar-refractivity contribution in [2.45, 2.75) is 4.90 Å². The van der Waals surface area contributed by atoms with Crippen molar-refractivity contribution in [2.24, 2.45) is 10.2 Å². The van der Waals surface area contributed by atoms with Crippen molar-refractivity contribution in [3.63, 3.8) is 0 Å². The molecule has 0 fully saturated rings. The Morgan fingerprint density at radius 1 is 1.10 bits per heavy atom. The van der Waals surface area contributed by atoms with Crippen LogP contribution in [0.2, 0.25) is 0 Å². The SMILES string of the molecule is CN(C)c1cc(S(=O)([O-])=S)ccc1N=Nc1ccccc1. The van der Waals surface area contributed by atoms with E-state index in [-0.39, 0.29) is 4.90 Å². The van der Waals surface area contributed by atoms with E-state index < -0.39 is 8.77 Å². The summed E-state index contributed by atoms with van der Waals surface area (Å²) in [5.74, 6) is 0. The maximum atomic E-state index is 11.4. The Kier molecular flexibility index (Phi) is 4.66. The number of nitrogens with zero attached hydrogens (tertiary/aromatic N) is 3. The summed E-state index contributed by atoms with van der Waals surface area (Å²) in [6.45, 7) is 0. The molecule has 5 nitrogen and oxygen atoms in total. The highest BCUT2D eigenvalue weighted by Crippen LogP contribution is 2.31. The molecule has 0 saturated carbocycles. The smallest absolute Gasteiger partial charge is 0.109 e. The van der Waals surface area contributed by atoms with Crippen molar-refractivity contribution in [2.75, 3.05) is 19.0 Å². The fourth-order valence-corrected chi connectivity index (χ4v) is 2.51. The summed E-state index contributed by atoms with van der Waals surface area (Å²) in [6.07, 6.45) is 0. The largest absolute Gasteiger partial charge is 0.766 e. The van der Waals surface area contributed by atoms with E-state index in [1.807, 2.05) is 30.3 Å². The molecule has 0 amide bonds. The topological polar surface area (TPSA) is 68.1 Å². The molecule has 21 heavy (non-hydrogen) atoms. The molecule has 1 atom stereocenters. The molecule has 0 spiro atoms. The van der Waals surface area contributed by atoms with Crippen LogP contribution in [0.5, 0.6) is 0 Å². The molecule has 1 unspecified atom stereocenters. The zero-order chi connectivity index (χ0) is 15.5. The first-order valence-corrected chi connectivity index (χ1v) is 8.53. The standard InChI is InChI=1S/C14H15N3O2S2/c1-17(2)14-10-12(21(18,19)20)8-9-13(14)16-15-11-6-4-3-5-7-11/h3-10H,1-2H3,(H,18,19,20)/p-1. The summed E-state index contributed by atoms with van der Waals surface area (Å²) in [5.41, 5.74) is 1.94. The maximum Gasteiger partial charge on any atom is 0.109 e. The van der Waals surface area contributed by atoms with Gasteiger partial charge in [-0.15, -0.1) is 5.11 Å². The van der Waals surface area contributed by atoms with Gasteiger partial charge in [-0.25, -0.2) is 0 Å². The Labute approximate surface area is 128 Å². The lowest BCUT2D eigenvalue weighted by molar-refractivity contribution is 0.534. The summed E-state index contributed by atoms with van der Waals surface area (Å²) >= 11 is 4.48. The monoisotopic (exact) mass is 320 g/mol. The van der Waals surface area contributed by atoms with Gasteiger partial charge >= 0.3 is 0 Å². The first-order chi connectivity index (χ1) is 9.88. The molecule has 2 aromatic rings. The van der Waals surface area contributed by atoms with Crippen LogP contribution in [0.1, 0.15) is 0 Å². The molecule has 2 rings (SSSR count). The quantitative estimate of drug-likeness (QED) is 0.810. The number of hydrogen-bond acceptors (Lipinski definition) is 6. The van der Waals surface area contributed by atoms with Gasteiger partial charge in [0.15, 0.2) is 0 Å². The lowest BCUT2D eigenvalue weighted by Crippen LogP contribution is -2.10. The van der Waals surface area contributed by atoms with E-state index in [9.17, 15) is 8.76 Å². The molecule has 2 aromatic carbocycles. The second-order valence-electron chi connectivity index (χ2n) is 4.53. The second-order valence-corrected chi connectivity index (χ2v) is 7.23. The number of rotatable bonds is 4. The van der Waals surface area contributed by atoms with E-state index in [4.69, 9.17) is 0 Å². The first kappa shape index (κ1) is 15.6. The minimum atomic E-state index is -3.66. The number of azo groups is 1. The number of anilines is 1. The predicted molar refractivity (Wildman–Crippen MR) is 85.9 cm³/mol. The van der Waals surface area contributed by atoms with E-state index >= 15 is 0 Å². The van der Waals surface area contributed by atoms with Crippen LogP contribution in [0.4, 0.5) is 17.1 Å². The molecule has 0 aliphatic heterocycles. The van der Waals surface area contributed by atoms with Crippen LogP contribution in [0.25, 0.3) is 0 Å². The lowest BCUT2D eigenvalue weighted by atomic mass is 10.2. The van der Waals surface area contributed by atoms with Crippen LogP contribution >= 0.6 is 0 Å². The van der Waals surface area contributed by atoms with E-state index in [0.717, 1.165) is 5.69 Å². The van der Waals surface area contributed by atoms with Gasteiger partial charge in [0.2, 0.25) is 0 Å². The lowest BCUT2D eigenvalue weighted by Gasteiger charge is -2.18. The first-order valence-electron chi connectivity index (χ1n) is 6.12. The Morgan fingerprint density at radius 3 is 2.33 bits per heavy atom. The van der Waals surface area contributed by atoms with Crippen LogP contribution in [0.3, 0.4) is 0 Å². The highest BCUT2D eigenvalue weighted by atomic mass is 32.8. The molecule has 0 aliphatic carbocycles. The van der Waals surface area contributed by atoms with Gasteiger partial charge in [-0.3, -0.25) is 4.21 Å². The second kappa shape index (κ2) is 6.30. The van der Waals surface area contributed by atoms with Gasteiger partial charge in [0.1, 0.15) is 5.69 Å². The van der Waals surface area contributed by atoms with Crippen LogP contribution in [0.15, 0.2) is 63.7 Å². The molecule has 0 N–H and O–H groups in total. The fourth-order valence-electron chi connectivity index (χ4n) is 1.71. The molecule has 0 heterocycles. The van der Waals surface area contributed by atoms with Crippen molar-refractivity contribution < 1.29 is 8.76 Å². The van der Waals surface area contributed by atoms with Gasteiger partial charge in [0.05, 0.1) is 11.4 Å². The van der Waals surface area contributed by atoms with Gasteiger partial charge in [-0.2, -0.15) is 5.11 Å². The number of hydrogen-bond donors (Lipinski definition) is 0. The molecule has 110 valence electrons. The summed E-state index contributed by atoms with van der Waals surface area (Å²) < 4.78 is 22.9. The van der Waals surface area contributed by atoms with Gasteiger partial charge < -0.3 is 9.45 Å². The van der Waals surface area contributed by atoms with Crippen LogP contribution in [0, 0.1) is 0 Å². The minimum absolute atomic E-state index is 0.0832. The summed E-state index contributed by atoms with van der Waals surface area (Å²) in [6, 6.07) is 13.8. The summed E-state index contributed by atoms with van der Waals surface area (Å²) in [4.78, 5) is 1.85. The van der Waals surface area contributed by atoms with E-state index in [1.54, 1.807) is 25.1 Å². The van der Waals surface area contributed by atoms with E-state index in [1.165, 1.54) is 12.1 Å². The molecule has 0 radical (unpaired) electrons. The fraction of sp³-hybridized carbons (Fsp3) is 0.143. The maximum absolute atomic E-state index is 11.4. The highest BCUT2D eigenvalue weighted by Gasteiger charge is 2.07. The predicted octanol–water partition coefficient (Wildman–Crippen LogP) is 3.40.